The number of sulfonamides is 1. The first-order valence-electron chi connectivity index (χ1n) is 10.3. The van der Waals surface area contributed by atoms with E-state index < -0.39 is 28.0 Å². The van der Waals surface area contributed by atoms with Gasteiger partial charge in [0.1, 0.15) is 10.6 Å². The molecule has 168 valence electrons. The largest absolute Gasteiger partial charge is 0.454 e. The minimum atomic E-state index is -3.74. The maximum absolute atomic E-state index is 12.9. The van der Waals surface area contributed by atoms with Crippen molar-refractivity contribution >= 4 is 21.8 Å². The predicted molar refractivity (Wildman–Crippen MR) is 113 cm³/mol. The molecule has 1 aromatic heterocycles. The third-order valence-electron chi connectivity index (χ3n) is 5.81. The standard InChI is InChI=1S/C22H28N2O6S/c1-13-6-7-19(12-14(13)2)20(25)16(4)29-22(26)18-8-10-24(11-9-18)31(27,28)21-15(3)23-30-17(21)5/h6-7,12,16,18H,8-11H2,1-5H3/t16-/m1/s1. The number of nitrogens with zero attached hydrogens (tertiary/aromatic N) is 2. The van der Waals surface area contributed by atoms with Crippen LogP contribution >= 0.6 is 0 Å². The van der Waals surface area contributed by atoms with Crippen molar-refractivity contribution in [1.82, 2.24) is 9.46 Å². The van der Waals surface area contributed by atoms with E-state index in [1.807, 2.05) is 19.9 Å². The fourth-order valence-electron chi connectivity index (χ4n) is 3.76. The number of carbonyl (C=O) groups is 2. The Bertz CT molecular complexity index is 1080. The molecule has 1 aliphatic rings. The maximum atomic E-state index is 12.9. The monoisotopic (exact) mass is 448 g/mol. The van der Waals surface area contributed by atoms with Crippen molar-refractivity contribution in [2.45, 2.75) is 58.5 Å². The topological polar surface area (TPSA) is 107 Å². The lowest BCUT2D eigenvalue weighted by Gasteiger charge is -2.30. The predicted octanol–water partition coefficient (Wildman–Crippen LogP) is 3.12. The number of rotatable bonds is 6. The molecule has 0 N–H and O–H groups in total. The summed E-state index contributed by atoms with van der Waals surface area (Å²) in [4.78, 5) is 25.3. The molecule has 0 radical (unpaired) electrons. The first kappa shape index (κ1) is 23.1. The fourth-order valence-corrected chi connectivity index (χ4v) is 5.52. The maximum Gasteiger partial charge on any atom is 0.309 e. The van der Waals surface area contributed by atoms with Crippen LogP contribution in [0.4, 0.5) is 0 Å². The highest BCUT2D eigenvalue weighted by atomic mass is 32.2. The summed E-state index contributed by atoms with van der Waals surface area (Å²) in [5, 5.41) is 3.72. The summed E-state index contributed by atoms with van der Waals surface area (Å²) in [5.74, 6) is -0.933. The lowest BCUT2D eigenvalue weighted by atomic mass is 9.98. The van der Waals surface area contributed by atoms with Crippen molar-refractivity contribution in [1.29, 1.82) is 0 Å². The summed E-state index contributed by atoms with van der Waals surface area (Å²) in [6.45, 7) is 8.97. The first-order valence-corrected chi connectivity index (χ1v) is 11.7. The molecule has 9 heteroatoms. The molecule has 0 amide bonds. The molecule has 8 nitrogen and oxygen atoms in total. The Morgan fingerprint density at radius 1 is 1.13 bits per heavy atom. The normalized spacial score (nSPS) is 16.8. The van der Waals surface area contributed by atoms with Crippen LogP contribution in [0.5, 0.6) is 0 Å². The van der Waals surface area contributed by atoms with Gasteiger partial charge in [0.15, 0.2) is 11.9 Å². The van der Waals surface area contributed by atoms with Crippen LogP contribution in [0.2, 0.25) is 0 Å². The summed E-state index contributed by atoms with van der Waals surface area (Å²) in [6.07, 6.45) is -0.253. The van der Waals surface area contributed by atoms with Crippen LogP contribution in [-0.2, 0) is 19.6 Å². The second kappa shape index (κ2) is 8.92. The van der Waals surface area contributed by atoms with Crippen LogP contribution in [-0.4, -0.2) is 48.8 Å². The van der Waals surface area contributed by atoms with Gasteiger partial charge in [0, 0.05) is 18.7 Å². The summed E-state index contributed by atoms with van der Waals surface area (Å²) < 4.78 is 37.6. The lowest BCUT2D eigenvalue weighted by molar-refractivity contribution is -0.152. The van der Waals surface area contributed by atoms with Crippen LogP contribution in [0.15, 0.2) is 27.6 Å². The molecule has 3 rings (SSSR count). The molecule has 2 aromatic rings. The van der Waals surface area contributed by atoms with E-state index in [1.165, 1.54) is 4.31 Å². The Morgan fingerprint density at radius 3 is 2.32 bits per heavy atom. The van der Waals surface area contributed by atoms with Crippen LogP contribution in [0.25, 0.3) is 0 Å². The lowest BCUT2D eigenvalue weighted by Crippen LogP contribution is -2.41. The van der Waals surface area contributed by atoms with Crippen molar-refractivity contribution in [2.75, 3.05) is 13.1 Å². The van der Waals surface area contributed by atoms with Gasteiger partial charge < -0.3 is 9.26 Å². The number of aromatic nitrogens is 1. The zero-order valence-electron chi connectivity index (χ0n) is 18.5. The number of ketones is 1. The number of hydrogen-bond donors (Lipinski definition) is 0. The molecule has 1 aliphatic heterocycles. The molecule has 0 bridgehead atoms. The van der Waals surface area contributed by atoms with Crippen molar-refractivity contribution in [3.63, 3.8) is 0 Å². The van der Waals surface area contributed by atoms with Crippen LogP contribution < -0.4 is 0 Å². The molecule has 0 spiro atoms. The van der Waals surface area contributed by atoms with Gasteiger partial charge in [-0.05, 0) is 64.7 Å². The summed E-state index contributed by atoms with van der Waals surface area (Å²) in [7, 11) is -3.74. The van der Waals surface area contributed by atoms with Crippen LogP contribution in [0.1, 0.15) is 52.7 Å². The zero-order chi connectivity index (χ0) is 22.9. The SMILES string of the molecule is Cc1ccc(C(=O)[C@@H](C)OC(=O)C2CCN(S(=O)(=O)c3c(C)noc3C)CC2)cc1C. The van der Waals surface area contributed by atoms with E-state index in [2.05, 4.69) is 5.16 Å². The molecule has 0 aliphatic carbocycles. The van der Waals surface area contributed by atoms with E-state index >= 15 is 0 Å². The molecule has 31 heavy (non-hydrogen) atoms. The Labute approximate surface area is 182 Å². The van der Waals surface area contributed by atoms with Gasteiger partial charge in [-0.3, -0.25) is 9.59 Å². The quantitative estimate of drug-likeness (QED) is 0.494. The van der Waals surface area contributed by atoms with E-state index in [4.69, 9.17) is 9.26 Å². The van der Waals surface area contributed by atoms with Crippen molar-refractivity contribution in [3.05, 3.63) is 46.3 Å². The second-order valence-electron chi connectivity index (χ2n) is 8.07. The van der Waals surface area contributed by atoms with Gasteiger partial charge in [-0.15, -0.1) is 0 Å². The smallest absolute Gasteiger partial charge is 0.309 e. The summed E-state index contributed by atoms with van der Waals surface area (Å²) >= 11 is 0. The Morgan fingerprint density at radius 2 is 1.77 bits per heavy atom. The zero-order valence-corrected chi connectivity index (χ0v) is 19.3. The van der Waals surface area contributed by atoms with Crippen molar-refractivity contribution < 1.29 is 27.3 Å². The minimum absolute atomic E-state index is 0.0844. The van der Waals surface area contributed by atoms with Crippen molar-refractivity contribution in [2.24, 2.45) is 5.92 Å². The van der Waals surface area contributed by atoms with Gasteiger partial charge in [-0.25, -0.2) is 8.42 Å². The highest BCUT2D eigenvalue weighted by molar-refractivity contribution is 7.89. The summed E-state index contributed by atoms with van der Waals surface area (Å²) in [5.41, 5.74) is 2.90. The third kappa shape index (κ3) is 4.72. The van der Waals surface area contributed by atoms with E-state index in [0.29, 0.717) is 24.1 Å². The van der Waals surface area contributed by atoms with Crippen molar-refractivity contribution in [3.8, 4) is 0 Å². The molecule has 1 fully saturated rings. The molecule has 0 unspecified atom stereocenters. The highest BCUT2D eigenvalue weighted by Crippen LogP contribution is 2.28. The number of piperidine rings is 1. The number of aryl methyl sites for hydroxylation is 4. The molecule has 2 heterocycles. The van der Waals surface area contributed by atoms with Crippen LogP contribution in [0, 0.1) is 33.6 Å². The number of ether oxygens (including phenoxy) is 1. The van der Waals surface area contributed by atoms with Gasteiger partial charge in [0.2, 0.25) is 15.8 Å². The Kier molecular flexibility index (Phi) is 6.66. The summed E-state index contributed by atoms with van der Waals surface area (Å²) in [6, 6.07) is 5.39. The molecular formula is C22H28N2O6S. The average molecular weight is 449 g/mol. The van der Waals surface area contributed by atoms with Crippen LogP contribution in [0.3, 0.4) is 0 Å². The number of esters is 1. The average Bonchev–Trinajstić information content (AvgIpc) is 3.08. The highest BCUT2D eigenvalue weighted by Gasteiger charge is 2.36. The van der Waals surface area contributed by atoms with Gasteiger partial charge in [0.05, 0.1) is 5.92 Å². The van der Waals surface area contributed by atoms with E-state index in [1.54, 1.807) is 32.9 Å². The molecule has 1 atom stereocenters. The van der Waals surface area contributed by atoms with E-state index in [9.17, 15) is 18.0 Å². The van der Waals surface area contributed by atoms with Gasteiger partial charge in [-0.1, -0.05) is 17.3 Å². The van der Waals surface area contributed by atoms with E-state index in [-0.39, 0.29) is 29.5 Å². The second-order valence-corrected chi connectivity index (χ2v) is 9.95. The Hall–Kier alpha value is -2.52. The molecule has 0 saturated carbocycles. The fraction of sp³-hybridized carbons (Fsp3) is 0.500. The first-order chi connectivity index (χ1) is 14.5. The number of hydrogen-bond acceptors (Lipinski definition) is 7. The number of benzene rings is 1. The third-order valence-corrected chi connectivity index (χ3v) is 7.95. The van der Waals surface area contributed by atoms with E-state index in [0.717, 1.165) is 11.1 Å². The van der Waals surface area contributed by atoms with Gasteiger partial charge >= 0.3 is 5.97 Å². The molecule has 1 saturated heterocycles. The number of carbonyl (C=O) groups excluding carboxylic acids is 2. The molecule has 1 aromatic carbocycles. The van der Waals surface area contributed by atoms with Gasteiger partial charge in [-0.2, -0.15) is 4.31 Å². The van der Waals surface area contributed by atoms with Gasteiger partial charge in [0.25, 0.3) is 0 Å². The number of Topliss-reactive ketones (excluding diaryl/α,β-unsaturated/α-hetero) is 1. The molecular weight excluding hydrogens is 420 g/mol. The Balaban J connectivity index is 1.60. The minimum Gasteiger partial charge on any atom is -0.454 e.